The molecule has 1 rings (SSSR count). The van der Waals surface area contributed by atoms with Crippen LogP contribution in [0.3, 0.4) is 0 Å². The topological polar surface area (TPSA) is 38.3 Å². The molecule has 0 spiro atoms. The number of carbonyl (C=O) groups is 1. The van der Waals surface area contributed by atoms with Gasteiger partial charge in [-0.3, -0.25) is 4.79 Å². The third-order valence-electron chi connectivity index (χ3n) is 2.16. The maximum Gasteiger partial charge on any atom is 0.310 e. The first kappa shape index (κ1) is 12.7. The number of hydrogen-bond acceptors (Lipinski definition) is 3. The molecule has 0 atom stereocenters. The van der Waals surface area contributed by atoms with Gasteiger partial charge < -0.3 is 10.1 Å². The number of benzene rings is 1. The Bertz CT molecular complexity index is 298. The quantitative estimate of drug-likeness (QED) is 0.563. The normalized spacial score (nSPS) is 10.1. The average Bonchev–Trinajstić information content (AvgIpc) is 2.30. The van der Waals surface area contributed by atoms with Crippen LogP contribution in [0.2, 0.25) is 0 Å². The fraction of sp³-hybridized carbons (Fsp3) is 0.462. The SMILES string of the molecule is CCCNCCOC(=O)Cc1ccccc1. The summed E-state index contributed by atoms with van der Waals surface area (Å²) in [6.07, 6.45) is 1.45. The van der Waals surface area contributed by atoms with E-state index in [2.05, 4.69) is 12.2 Å². The number of carbonyl (C=O) groups excluding carboxylic acids is 1. The molecule has 0 radical (unpaired) electrons. The van der Waals surface area contributed by atoms with Crippen molar-refractivity contribution in [3.63, 3.8) is 0 Å². The minimum atomic E-state index is -0.163. The highest BCUT2D eigenvalue weighted by molar-refractivity contribution is 5.72. The summed E-state index contributed by atoms with van der Waals surface area (Å²) < 4.78 is 5.09. The average molecular weight is 221 g/mol. The van der Waals surface area contributed by atoms with Gasteiger partial charge in [0.2, 0.25) is 0 Å². The van der Waals surface area contributed by atoms with E-state index in [-0.39, 0.29) is 5.97 Å². The van der Waals surface area contributed by atoms with Crippen LogP contribution < -0.4 is 5.32 Å². The number of esters is 1. The van der Waals surface area contributed by atoms with Crippen LogP contribution in [0.25, 0.3) is 0 Å². The van der Waals surface area contributed by atoms with Gasteiger partial charge in [0.05, 0.1) is 6.42 Å². The summed E-state index contributed by atoms with van der Waals surface area (Å²) in [5.41, 5.74) is 0.994. The van der Waals surface area contributed by atoms with Crippen molar-refractivity contribution in [2.75, 3.05) is 19.7 Å². The van der Waals surface area contributed by atoms with Crippen molar-refractivity contribution in [1.82, 2.24) is 5.32 Å². The van der Waals surface area contributed by atoms with Crippen LogP contribution in [0.4, 0.5) is 0 Å². The van der Waals surface area contributed by atoms with Crippen LogP contribution in [0.15, 0.2) is 30.3 Å². The molecular weight excluding hydrogens is 202 g/mol. The Morgan fingerprint density at radius 3 is 2.69 bits per heavy atom. The lowest BCUT2D eigenvalue weighted by atomic mass is 10.2. The third kappa shape index (κ3) is 5.51. The highest BCUT2D eigenvalue weighted by Crippen LogP contribution is 2.00. The first-order valence-electron chi connectivity index (χ1n) is 5.73. The fourth-order valence-corrected chi connectivity index (χ4v) is 1.35. The zero-order valence-corrected chi connectivity index (χ0v) is 9.74. The Kier molecular flexibility index (Phi) is 6.26. The standard InChI is InChI=1S/C13H19NO2/c1-2-8-14-9-10-16-13(15)11-12-6-4-3-5-7-12/h3-7,14H,2,8-11H2,1H3. The summed E-state index contributed by atoms with van der Waals surface area (Å²) in [5.74, 6) is -0.163. The molecule has 1 N–H and O–H groups in total. The van der Waals surface area contributed by atoms with Gasteiger partial charge in [0, 0.05) is 6.54 Å². The second kappa shape index (κ2) is 7.88. The number of hydrogen-bond donors (Lipinski definition) is 1. The molecule has 0 aliphatic carbocycles. The molecule has 88 valence electrons. The van der Waals surface area contributed by atoms with Gasteiger partial charge in [-0.05, 0) is 18.5 Å². The summed E-state index contributed by atoms with van der Waals surface area (Å²) in [6.45, 7) is 4.25. The van der Waals surface area contributed by atoms with Gasteiger partial charge >= 0.3 is 5.97 Å². The Hall–Kier alpha value is -1.35. The van der Waals surface area contributed by atoms with E-state index < -0.39 is 0 Å². The van der Waals surface area contributed by atoms with E-state index in [4.69, 9.17) is 4.74 Å². The molecule has 0 aliphatic heterocycles. The lowest BCUT2D eigenvalue weighted by molar-refractivity contribution is -0.142. The van der Waals surface area contributed by atoms with Crippen molar-refractivity contribution in [2.24, 2.45) is 0 Å². The minimum absolute atomic E-state index is 0.163. The van der Waals surface area contributed by atoms with Gasteiger partial charge in [0.1, 0.15) is 6.61 Å². The molecular formula is C13H19NO2. The van der Waals surface area contributed by atoms with Crippen LogP contribution >= 0.6 is 0 Å². The largest absolute Gasteiger partial charge is 0.464 e. The monoisotopic (exact) mass is 221 g/mol. The van der Waals surface area contributed by atoms with Gasteiger partial charge in [0.25, 0.3) is 0 Å². The van der Waals surface area contributed by atoms with E-state index in [0.29, 0.717) is 13.0 Å². The second-order valence-corrected chi connectivity index (χ2v) is 3.63. The number of nitrogens with one attached hydrogen (secondary N) is 1. The van der Waals surface area contributed by atoms with Crippen molar-refractivity contribution in [2.45, 2.75) is 19.8 Å². The van der Waals surface area contributed by atoms with Crippen LogP contribution in [0.1, 0.15) is 18.9 Å². The zero-order chi connectivity index (χ0) is 11.6. The molecule has 1 aromatic rings. The molecule has 0 amide bonds. The summed E-state index contributed by atoms with van der Waals surface area (Å²) >= 11 is 0. The summed E-state index contributed by atoms with van der Waals surface area (Å²) in [7, 11) is 0. The predicted octanol–water partition coefficient (Wildman–Crippen LogP) is 1.77. The molecule has 0 fully saturated rings. The molecule has 0 bridgehead atoms. The lowest BCUT2D eigenvalue weighted by Gasteiger charge is -2.05. The lowest BCUT2D eigenvalue weighted by Crippen LogP contribution is -2.22. The molecule has 0 saturated carbocycles. The maximum atomic E-state index is 11.4. The van der Waals surface area contributed by atoms with E-state index >= 15 is 0 Å². The molecule has 1 aromatic carbocycles. The van der Waals surface area contributed by atoms with Crippen molar-refractivity contribution in [1.29, 1.82) is 0 Å². The van der Waals surface area contributed by atoms with E-state index in [9.17, 15) is 4.79 Å². The van der Waals surface area contributed by atoms with Crippen LogP contribution in [-0.4, -0.2) is 25.7 Å². The van der Waals surface area contributed by atoms with Crippen LogP contribution in [-0.2, 0) is 16.0 Å². The van der Waals surface area contributed by atoms with Crippen LogP contribution in [0.5, 0.6) is 0 Å². The van der Waals surface area contributed by atoms with Gasteiger partial charge in [-0.2, -0.15) is 0 Å². The van der Waals surface area contributed by atoms with Gasteiger partial charge in [-0.25, -0.2) is 0 Å². The predicted molar refractivity (Wildman–Crippen MR) is 64.3 cm³/mol. The summed E-state index contributed by atoms with van der Waals surface area (Å²) in [6, 6.07) is 9.63. The second-order valence-electron chi connectivity index (χ2n) is 3.63. The Balaban J connectivity index is 2.12. The molecule has 0 heterocycles. The first-order chi connectivity index (χ1) is 7.83. The molecule has 16 heavy (non-hydrogen) atoms. The molecule has 3 nitrogen and oxygen atoms in total. The zero-order valence-electron chi connectivity index (χ0n) is 9.74. The maximum absolute atomic E-state index is 11.4. The van der Waals surface area contributed by atoms with E-state index in [1.54, 1.807) is 0 Å². The molecule has 0 aliphatic rings. The first-order valence-corrected chi connectivity index (χ1v) is 5.73. The van der Waals surface area contributed by atoms with Crippen molar-refractivity contribution >= 4 is 5.97 Å². The van der Waals surface area contributed by atoms with E-state index in [0.717, 1.165) is 25.1 Å². The molecule has 0 unspecified atom stereocenters. The molecule has 0 aromatic heterocycles. The highest BCUT2D eigenvalue weighted by Gasteiger charge is 2.03. The number of ether oxygens (including phenoxy) is 1. The summed E-state index contributed by atoms with van der Waals surface area (Å²) in [5, 5.41) is 3.18. The van der Waals surface area contributed by atoms with Crippen molar-refractivity contribution < 1.29 is 9.53 Å². The third-order valence-corrected chi connectivity index (χ3v) is 2.16. The van der Waals surface area contributed by atoms with Crippen molar-refractivity contribution in [3.05, 3.63) is 35.9 Å². The Labute approximate surface area is 96.8 Å². The molecule has 0 saturated heterocycles. The van der Waals surface area contributed by atoms with Gasteiger partial charge in [-0.1, -0.05) is 37.3 Å². The van der Waals surface area contributed by atoms with Crippen molar-refractivity contribution in [3.8, 4) is 0 Å². The highest BCUT2D eigenvalue weighted by atomic mass is 16.5. The van der Waals surface area contributed by atoms with Crippen LogP contribution in [0, 0.1) is 0 Å². The molecule has 3 heteroatoms. The number of rotatable bonds is 7. The fourth-order valence-electron chi connectivity index (χ4n) is 1.35. The summed E-state index contributed by atoms with van der Waals surface area (Å²) in [4.78, 5) is 11.4. The smallest absolute Gasteiger partial charge is 0.310 e. The Morgan fingerprint density at radius 1 is 1.25 bits per heavy atom. The minimum Gasteiger partial charge on any atom is -0.464 e. The van der Waals surface area contributed by atoms with E-state index in [1.165, 1.54) is 0 Å². The Morgan fingerprint density at radius 2 is 2.00 bits per heavy atom. The van der Waals surface area contributed by atoms with Gasteiger partial charge in [0.15, 0.2) is 0 Å². The van der Waals surface area contributed by atoms with E-state index in [1.807, 2.05) is 30.3 Å². The van der Waals surface area contributed by atoms with Gasteiger partial charge in [-0.15, -0.1) is 0 Å².